The van der Waals surface area contributed by atoms with Crippen molar-refractivity contribution in [2.45, 2.75) is 52.0 Å². The summed E-state index contributed by atoms with van der Waals surface area (Å²) in [5.41, 5.74) is 1.38. The number of aryl methyl sites for hydroxylation is 1. The highest BCUT2D eigenvalue weighted by molar-refractivity contribution is 5.89. The number of aliphatic hydroxyl groups excluding tert-OH is 1. The van der Waals surface area contributed by atoms with Crippen molar-refractivity contribution >= 4 is 17.6 Å². The van der Waals surface area contributed by atoms with E-state index >= 15 is 0 Å². The van der Waals surface area contributed by atoms with Crippen LogP contribution in [0.2, 0.25) is 0 Å². The molecule has 1 aromatic carbocycles. The molecule has 2 aromatic heterocycles. The highest BCUT2D eigenvalue weighted by atomic mass is 16.5. The fourth-order valence-electron chi connectivity index (χ4n) is 4.48. The Morgan fingerprint density at radius 1 is 1.30 bits per heavy atom. The van der Waals surface area contributed by atoms with E-state index in [1.165, 1.54) is 0 Å². The molecule has 12 heteroatoms. The SMILES string of the molecule is C[C@@H]1CN([C@H](C)CO)C(=O)CCCn2nncc2CO[C@H]1CN(C)C(=O)Nc1cccc(Oc2ccccn2)c1. The number of rotatable bonds is 7. The lowest BCUT2D eigenvalue weighted by molar-refractivity contribution is -0.136. The average Bonchev–Trinajstić information content (AvgIpc) is 3.40. The van der Waals surface area contributed by atoms with Crippen LogP contribution < -0.4 is 10.1 Å². The molecular formula is C28H37N7O5. The zero-order valence-corrected chi connectivity index (χ0v) is 23.1. The van der Waals surface area contributed by atoms with E-state index in [0.717, 1.165) is 5.69 Å². The van der Waals surface area contributed by atoms with Gasteiger partial charge >= 0.3 is 6.03 Å². The van der Waals surface area contributed by atoms with E-state index in [9.17, 15) is 14.7 Å². The predicted octanol–water partition coefficient (Wildman–Crippen LogP) is 3.15. The summed E-state index contributed by atoms with van der Waals surface area (Å²) in [6.07, 6.45) is 3.85. The monoisotopic (exact) mass is 551 g/mol. The molecular weight excluding hydrogens is 514 g/mol. The Bertz CT molecular complexity index is 1250. The first-order valence-electron chi connectivity index (χ1n) is 13.4. The summed E-state index contributed by atoms with van der Waals surface area (Å²) in [6.45, 7) is 5.15. The number of fused-ring (bicyclic) bond motifs is 1. The van der Waals surface area contributed by atoms with Crippen molar-refractivity contribution in [3.63, 3.8) is 0 Å². The van der Waals surface area contributed by atoms with E-state index in [4.69, 9.17) is 9.47 Å². The number of ether oxygens (including phenoxy) is 2. The Morgan fingerprint density at radius 2 is 2.15 bits per heavy atom. The van der Waals surface area contributed by atoms with E-state index in [-0.39, 0.29) is 43.7 Å². The van der Waals surface area contributed by atoms with Gasteiger partial charge in [-0.25, -0.2) is 14.5 Å². The number of anilines is 1. The van der Waals surface area contributed by atoms with Crippen LogP contribution in [0, 0.1) is 5.92 Å². The zero-order valence-electron chi connectivity index (χ0n) is 23.1. The molecule has 3 aromatic rings. The Labute approximate surface area is 233 Å². The van der Waals surface area contributed by atoms with Gasteiger partial charge in [-0.15, -0.1) is 5.10 Å². The van der Waals surface area contributed by atoms with Crippen LogP contribution in [0.5, 0.6) is 11.6 Å². The van der Waals surface area contributed by atoms with Crippen LogP contribution in [0.4, 0.5) is 10.5 Å². The summed E-state index contributed by atoms with van der Waals surface area (Å²) < 4.78 is 13.8. The third-order valence-corrected chi connectivity index (χ3v) is 6.89. The number of likely N-dealkylation sites (N-methyl/N-ethyl adjacent to an activating group) is 1. The van der Waals surface area contributed by atoms with Gasteiger partial charge in [0.1, 0.15) is 5.75 Å². The van der Waals surface area contributed by atoms with Gasteiger partial charge in [0.2, 0.25) is 11.8 Å². The number of amides is 3. The highest BCUT2D eigenvalue weighted by Gasteiger charge is 2.29. The van der Waals surface area contributed by atoms with Crippen molar-refractivity contribution in [2.75, 3.05) is 32.1 Å². The fraction of sp³-hybridized carbons (Fsp3) is 0.464. The normalized spacial score (nSPS) is 19.1. The third kappa shape index (κ3) is 7.76. The van der Waals surface area contributed by atoms with E-state index in [1.807, 2.05) is 19.9 Å². The van der Waals surface area contributed by atoms with Crippen molar-refractivity contribution < 1.29 is 24.2 Å². The molecule has 3 heterocycles. The van der Waals surface area contributed by atoms with Gasteiger partial charge in [-0.2, -0.15) is 0 Å². The summed E-state index contributed by atoms with van der Waals surface area (Å²) in [5, 5.41) is 20.8. The molecule has 0 radical (unpaired) electrons. The third-order valence-electron chi connectivity index (χ3n) is 6.89. The number of benzene rings is 1. The maximum absolute atomic E-state index is 13.2. The van der Waals surface area contributed by atoms with Crippen molar-refractivity contribution in [1.29, 1.82) is 0 Å². The summed E-state index contributed by atoms with van der Waals surface area (Å²) in [4.78, 5) is 33.6. The highest BCUT2D eigenvalue weighted by Crippen LogP contribution is 2.23. The van der Waals surface area contributed by atoms with Gasteiger partial charge in [0, 0.05) is 63.0 Å². The second-order valence-corrected chi connectivity index (χ2v) is 10.1. The number of hydrogen-bond donors (Lipinski definition) is 2. The van der Waals surface area contributed by atoms with Crippen LogP contribution in [0.3, 0.4) is 0 Å². The van der Waals surface area contributed by atoms with Gasteiger partial charge in [0.25, 0.3) is 0 Å². The molecule has 0 spiro atoms. The number of aromatic nitrogens is 4. The minimum atomic E-state index is -0.404. The number of nitrogens with zero attached hydrogens (tertiary/aromatic N) is 6. The second-order valence-electron chi connectivity index (χ2n) is 10.1. The maximum atomic E-state index is 13.2. The number of carbonyl (C=O) groups excluding carboxylic acids is 2. The van der Waals surface area contributed by atoms with Crippen LogP contribution in [0.1, 0.15) is 32.4 Å². The summed E-state index contributed by atoms with van der Waals surface area (Å²) in [7, 11) is 1.70. The Balaban J connectivity index is 1.45. The molecule has 12 nitrogen and oxygen atoms in total. The predicted molar refractivity (Wildman–Crippen MR) is 148 cm³/mol. The first-order valence-corrected chi connectivity index (χ1v) is 13.4. The molecule has 1 aliphatic heterocycles. The van der Waals surface area contributed by atoms with Crippen LogP contribution >= 0.6 is 0 Å². The van der Waals surface area contributed by atoms with Crippen molar-refractivity contribution in [3.05, 3.63) is 60.6 Å². The molecule has 40 heavy (non-hydrogen) atoms. The molecule has 2 N–H and O–H groups in total. The van der Waals surface area contributed by atoms with E-state index in [1.54, 1.807) is 70.3 Å². The van der Waals surface area contributed by atoms with Gasteiger partial charge in [0.05, 0.1) is 37.3 Å². The van der Waals surface area contributed by atoms with Gasteiger partial charge in [-0.05, 0) is 31.5 Å². The lowest BCUT2D eigenvalue weighted by Crippen LogP contribution is -2.48. The molecule has 4 rings (SSSR count). The van der Waals surface area contributed by atoms with E-state index in [2.05, 4.69) is 20.6 Å². The number of urea groups is 1. The summed E-state index contributed by atoms with van der Waals surface area (Å²) >= 11 is 0. The average molecular weight is 552 g/mol. The summed E-state index contributed by atoms with van der Waals surface area (Å²) in [6, 6.07) is 11.8. The minimum absolute atomic E-state index is 0.0340. The van der Waals surface area contributed by atoms with Crippen molar-refractivity contribution in [3.8, 4) is 11.6 Å². The number of nitrogens with one attached hydrogen (secondary N) is 1. The molecule has 0 unspecified atom stereocenters. The second kappa shape index (κ2) is 13.9. The van der Waals surface area contributed by atoms with Gasteiger partial charge in [-0.3, -0.25) is 4.79 Å². The Hall–Kier alpha value is -4.03. The molecule has 3 atom stereocenters. The molecule has 0 saturated heterocycles. The quantitative estimate of drug-likeness (QED) is 0.457. The Kier molecular flexibility index (Phi) is 10.0. The summed E-state index contributed by atoms with van der Waals surface area (Å²) in [5.74, 6) is 0.833. The topological polar surface area (TPSA) is 135 Å². The lowest BCUT2D eigenvalue weighted by Gasteiger charge is -2.35. The van der Waals surface area contributed by atoms with E-state index < -0.39 is 6.10 Å². The standard InChI is InChI=1S/C28H37N7O5/c1-20-16-34(21(2)18-36)27(37)11-7-13-35-23(15-30-32-35)19-39-25(20)17-33(3)28(38)31-22-8-6-9-24(14-22)40-26-10-4-5-12-29-26/h4-6,8-10,12,14-15,20-21,25,36H,7,11,13,16-19H2,1-3H3,(H,31,38)/t20-,21-,25+/m1/s1. The molecule has 1 aliphatic rings. The fourth-order valence-corrected chi connectivity index (χ4v) is 4.48. The van der Waals surface area contributed by atoms with Crippen molar-refractivity contribution in [1.82, 2.24) is 29.8 Å². The van der Waals surface area contributed by atoms with E-state index in [0.29, 0.717) is 43.2 Å². The minimum Gasteiger partial charge on any atom is -0.439 e. The van der Waals surface area contributed by atoms with Crippen LogP contribution in [-0.4, -0.2) is 85.7 Å². The number of aliphatic hydroxyl groups is 1. The van der Waals surface area contributed by atoms with Gasteiger partial charge < -0.3 is 29.7 Å². The lowest BCUT2D eigenvalue weighted by atomic mass is 10.0. The first kappa shape index (κ1) is 29.0. The van der Waals surface area contributed by atoms with Gasteiger partial charge in [0.15, 0.2) is 0 Å². The molecule has 214 valence electrons. The molecule has 0 fully saturated rings. The maximum Gasteiger partial charge on any atom is 0.321 e. The van der Waals surface area contributed by atoms with Crippen molar-refractivity contribution in [2.24, 2.45) is 5.92 Å². The smallest absolute Gasteiger partial charge is 0.321 e. The Morgan fingerprint density at radius 3 is 2.92 bits per heavy atom. The van der Waals surface area contributed by atoms with Crippen LogP contribution in [0.25, 0.3) is 0 Å². The number of hydrogen-bond acceptors (Lipinski definition) is 8. The number of carbonyl (C=O) groups is 2. The molecule has 3 amide bonds. The molecule has 0 aliphatic carbocycles. The zero-order chi connectivity index (χ0) is 28.5. The van der Waals surface area contributed by atoms with Gasteiger partial charge in [-0.1, -0.05) is 24.3 Å². The van der Waals surface area contributed by atoms with Crippen LogP contribution in [0.15, 0.2) is 54.9 Å². The first-order chi connectivity index (χ1) is 19.3. The largest absolute Gasteiger partial charge is 0.439 e. The van der Waals surface area contributed by atoms with Crippen LogP contribution in [-0.2, 0) is 22.7 Å². The number of pyridine rings is 1. The molecule has 0 saturated carbocycles. The molecule has 0 bridgehead atoms.